The van der Waals surface area contributed by atoms with E-state index in [4.69, 9.17) is 0 Å². The first kappa shape index (κ1) is 16.2. The van der Waals surface area contributed by atoms with Gasteiger partial charge < -0.3 is 9.88 Å². The van der Waals surface area contributed by atoms with Crippen molar-refractivity contribution in [2.24, 2.45) is 7.05 Å². The molecule has 0 unspecified atom stereocenters. The van der Waals surface area contributed by atoms with Crippen molar-refractivity contribution in [3.8, 4) is 0 Å². The maximum atomic E-state index is 12.3. The molecule has 126 valence electrons. The molecule has 0 aliphatic heterocycles. The van der Waals surface area contributed by atoms with Gasteiger partial charge in [0.05, 0.1) is 22.3 Å². The predicted molar refractivity (Wildman–Crippen MR) is 94.0 cm³/mol. The van der Waals surface area contributed by atoms with E-state index >= 15 is 0 Å². The molecule has 0 radical (unpaired) electrons. The topological polar surface area (TPSA) is 64.7 Å². The molecular weight excluding hydrogens is 302 g/mol. The number of nitrogens with one attached hydrogen (secondary N) is 1. The number of aryl methyl sites for hydroxylation is 3. The summed E-state index contributed by atoms with van der Waals surface area (Å²) in [5.74, 6) is 0.892. The fourth-order valence-corrected chi connectivity index (χ4v) is 2.89. The number of hydrogen-bond acceptors (Lipinski definition) is 3. The van der Waals surface area contributed by atoms with Crippen LogP contribution in [0.4, 0.5) is 0 Å². The first-order valence-corrected chi connectivity index (χ1v) is 8.32. The molecule has 2 heterocycles. The lowest BCUT2D eigenvalue weighted by molar-refractivity contribution is 0.0953. The van der Waals surface area contributed by atoms with Crippen molar-refractivity contribution in [2.45, 2.75) is 33.2 Å². The third-order valence-corrected chi connectivity index (χ3v) is 4.16. The van der Waals surface area contributed by atoms with E-state index in [1.807, 2.05) is 43.0 Å². The number of carbonyl (C=O) groups excluding carboxylic acids is 1. The third kappa shape index (κ3) is 3.18. The van der Waals surface area contributed by atoms with Crippen molar-refractivity contribution in [2.75, 3.05) is 6.54 Å². The highest BCUT2D eigenvalue weighted by Crippen LogP contribution is 2.14. The van der Waals surface area contributed by atoms with E-state index in [1.54, 1.807) is 0 Å². The minimum atomic E-state index is -0.0754. The summed E-state index contributed by atoms with van der Waals surface area (Å²) in [5, 5.41) is 7.34. The minimum absolute atomic E-state index is 0.0754. The van der Waals surface area contributed by atoms with Crippen LogP contribution in [0.15, 0.2) is 30.5 Å². The summed E-state index contributed by atoms with van der Waals surface area (Å²) in [5.41, 5.74) is 3.51. The van der Waals surface area contributed by atoms with E-state index in [2.05, 4.69) is 33.0 Å². The van der Waals surface area contributed by atoms with Crippen LogP contribution in [0, 0.1) is 6.92 Å². The summed E-state index contributed by atoms with van der Waals surface area (Å²) < 4.78 is 3.90. The van der Waals surface area contributed by atoms with Gasteiger partial charge in [0.2, 0.25) is 0 Å². The maximum absolute atomic E-state index is 12.3. The summed E-state index contributed by atoms with van der Waals surface area (Å²) in [4.78, 5) is 17.0. The summed E-state index contributed by atoms with van der Waals surface area (Å²) in [7, 11) is 2.01. The molecule has 0 atom stereocenters. The zero-order valence-electron chi connectivity index (χ0n) is 14.4. The van der Waals surface area contributed by atoms with Crippen molar-refractivity contribution < 1.29 is 4.79 Å². The Morgan fingerprint density at radius 3 is 2.83 bits per heavy atom. The zero-order valence-corrected chi connectivity index (χ0v) is 14.4. The molecule has 0 fully saturated rings. The van der Waals surface area contributed by atoms with Crippen LogP contribution in [0.25, 0.3) is 11.0 Å². The Morgan fingerprint density at radius 2 is 2.08 bits per heavy atom. The second-order valence-electron chi connectivity index (χ2n) is 5.97. The number of para-hydroxylation sites is 2. The van der Waals surface area contributed by atoms with Gasteiger partial charge in [-0.15, -0.1) is 0 Å². The van der Waals surface area contributed by atoms with Crippen LogP contribution in [0.5, 0.6) is 0 Å². The zero-order chi connectivity index (χ0) is 17.1. The van der Waals surface area contributed by atoms with Gasteiger partial charge in [0.1, 0.15) is 5.82 Å². The molecule has 1 N–H and O–H groups in total. The molecule has 0 saturated carbocycles. The van der Waals surface area contributed by atoms with Crippen molar-refractivity contribution in [3.63, 3.8) is 0 Å². The molecule has 3 rings (SSSR count). The van der Waals surface area contributed by atoms with Crippen LogP contribution in [0.3, 0.4) is 0 Å². The summed E-state index contributed by atoms with van der Waals surface area (Å²) >= 11 is 0. The Labute approximate surface area is 141 Å². The Balaban J connectivity index is 1.63. The van der Waals surface area contributed by atoms with Gasteiger partial charge in [-0.25, -0.2) is 4.98 Å². The van der Waals surface area contributed by atoms with Gasteiger partial charge in [-0.2, -0.15) is 5.10 Å². The minimum Gasteiger partial charge on any atom is -0.351 e. The van der Waals surface area contributed by atoms with Crippen LogP contribution in [-0.2, 0) is 20.0 Å². The molecule has 2 aromatic heterocycles. The van der Waals surface area contributed by atoms with E-state index < -0.39 is 0 Å². The third-order valence-electron chi connectivity index (χ3n) is 4.16. The van der Waals surface area contributed by atoms with Crippen LogP contribution in [0.1, 0.15) is 35.2 Å². The lowest BCUT2D eigenvalue weighted by Crippen LogP contribution is -2.26. The van der Waals surface area contributed by atoms with Crippen molar-refractivity contribution >= 4 is 16.9 Å². The van der Waals surface area contributed by atoms with Gasteiger partial charge in [-0.1, -0.05) is 19.1 Å². The standard InChI is InChI=1S/C18H23N5O/c1-4-11-23-12-14(13(2)21-23)18(24)19-10-9-17-20-15-7-5-6-8-16(15)22(17)3/h5-8,12H,4,9-11H2,1-3H3,(H,19,24). The Morgan fingerprint density at radius 1 is 1.29 bits per heavy atom. The average Bonchev–Trinajstić information content (AvgIpc) is 3.09. The summed E-state index contributed by atoms with van der Waals surface area (Å²) in [6.07, 6.45) is 3.51. The van der Waals surface area contributed by atoms with Gasteiger partial charge in [0.25, 0.3) is 5.91 Å². The van der Waals surface area contributed by atoms with E-state index in [0.717, 1.165) is 35.5 Å². The second kappa shape index (κ2) is 6.86. The van der Waals surface area contributed by atoms with Crippen molar-refractivity contribution in [1.82, 2.24) is 24.6 Å². The molecule has 0 aliphatic rings. The second-order valence-corrected chi connectivity index (χ2v) is 5.97. The molecule has 6 nitrogen and oxygen atoms in total. The Hall–Kier alpha value is -2.63. The van der Waals surface area contributed by atoms with E-state index in [-0.39, 0.29) is 5.91 Å². The number of fused-ring (bicyclic) bond motifs is 1. The lowest BCUT2D eigenvalue weighted by Gasteiger charge is -2.05. The van der Waals surface area contributed by atoms with Crippen LogP contribution >= 0.6 is 0 Å². The van der Waals surface area contributed by atoms with Crippen LogP contribution < -0.4 is 5.32 Å². The number of carbonyl (C=O) groups is 1. The van der Waals surface area contributed by atoms with Gasteiger partial charge in [-0.3, -0.25) is 9.48 Å². The molecule has 6 heteroatoms. The fourth-order valence-electron chi connectivity index (χ4n) is 2.89. The number of rotatable bonds is 6. The summed E-state index contributed by atoms with van der Waals surface area (Å²) in [6.45, 7) is 5.34. The van der Waals surface area contributed by atoms with Crippen molar-refractivity contribution in [3.05, 3.63) is 47.5 Å². The number of hydrogen-bond donors (Lipinski definition) is 1. The number of aromatic nitrogens is 4. The predicted octanol–water partition coefficient (Wildman–Crippen LogP) is 2.46. The average molecular weight is 325 g/mol. The first-order valence-electron chi connectivity index (χ1n) is 8.32. The normalized spacial score (nSPS) is 11.1. The highest BCUT2D eigenvalue weighted by Gasteiger charge is 2.13. The van der Waals surface area contributed by atoms with E-state index in [1.165, 1.54) is 0 Å². The smallest absolute Gasteiger partial charge is 0.254 e. The maximum Gasteiger partial charge on any atom is 0.254 e. The van der Waals surface area contributed by atoms with Crippen LogP contribution in [-0.4, -0.2) is 31.8 Å². The highest BCUT2D eigenvalue weighted by molar-refractivity contribution is 5.95. The molecule has 1 amide bonds. The molecule has 0 spiro atoms. The Bertz CT molecular complexity index is 862. The van der Waals surface area contributed by atoms with Gasteiger partial charge in [0, 0.05) is 32.8 Å². The first-order chi connectivity index (χ1) is 11.6. The van der Waals surface area contributed by atoms with Gasteiger partial charge in [-0.05, 0) is 25.5 Å². The largest absolute Gasteiger partial charge is 0.351 e. The number of nitrogens with zero attached hydrogens (tertiary/aromatic N) is 4. The van der Waals surface area contributed by atoms with Gasteiger partial charge in [0.15, 0.2) is 0 Å². The number of imidazole rings is 1. The number of benzene rings is 1. The SMILES string of the molecule is CCCn1cc(C(=O)NCCc2nc3ccccc3n2C)c(C)n1. The molecule has 0 bridgehead atoms. The quantitative estimate of drug-likeness (QED) is 0.757. The molecule has 0 aliphatic carbocycles. The summed E-state index contributed by atoms with van der Waals surface area (Å²) in [6, 6.07) is 8.04. The molecule has 24 heavy (non-hydrogen) atoms. The molecule has 0 saturated heterocycles. The highest BCUT2D eigenvalue weighted by atomic mass is 16.1. The van der Waals surface area contributed by atoms with E-state index in [0.29, 0.717) is 18.5 Å². The van der Waals surface area contributed by atoms with Gasteiger partial charge >= 0.3 is 0 Å². The lowest BCUT2D eigenvalue weighted by atomic mass is 10.2. The fraction of sp³-hybridized carbons (Fsp3) is 0.389. The van der Waals surface area contributed by atoms with E-state index in [9.17, 15) is 4.79 Å². The van der Waals surface area contributed by atoms with Crippen molar-refractivity contribution in [1.29, 1.82) is 0 Å². The van der Waals surface area contributed by atoms with Crippen LogP contribution in [0.2, 0.25) is 0 Å². The molecule has 1 aromatic carbocycles. The Kier molecular flexibility index (Phi) is 4.64. The molecule has 3 aromatic rings. The monoisotopic (exact) mass is 325 g/mol. The molecular formula is C18H23N5O. The number of amides is 1.